The Morgan fingerprint density at radius 2 is 1.62 bits per heavy atom. The first kappa shape index (κ1) is 26.4. The molecule has 32 heavy (non-hydrogen) atoms. The molecule has 7 nitrogen and oxygen atoms in total. The predicted molar refractivity (Wildman–Crippen MR) is 124 cm³/mol. The summed E-state index contributed by atoms with van der Waals surface area (Å²) in [5, 5.41) is 0.0177. The van der Waals surface area contributed by atoms with Gasteiger partial charge in [-0.3, -0.25) is 0 Å². The van der Waals surface area contributed by atoms with E-state index in [0.29, 0.717) is 23.5 Å². The number of carbonyl (C=O) groups is 1. The predicted octanol–water partition coefficient (Wildman–Crippen LogP) is 4.85. The SMILES string of the molecule is COCOc1cc(C2=C(C(=O)OC)CCC2)c(OCOC)c(C(C)(C)O[Si]C(C)(C)C)c1. The summed E-state index contributed by atoms with van der Waals surface area (Å²) in [6, 6.07) is 3.80. The van der Waals surface area contributed by atoms with Crippen molar-refractivity contribution in [1.29, 1.82) is 0 Å². The zero-order valence-electron chi connectivity index (χ0n) is 20.5. The fourth-order valence-corrected chi connectivity index (χ4v) is 4.15. The van der Waals surface area contributed by atoms with E-state index in [1.807, 2.05) is 26.0 Å². The van der Waals surface area contributed by atoms with E-state index >= 15 is 0 Å². The Labute approximate surface area is 194 Å². The number of esters is 1. The van der Waals surface area contributed by atoms with Gasteiger partial charge in [0.2, 0.25) is 9.76 Å². The second-order valence-corrected chi connectivity index (χ2v) is 11.1. The average Bonchev–Trinajstić information content (AvgIpc) is 3.23. The van der Waals surface area contributed by atoms with Gasteiger partial charge in [0.25, 0.3) is 0 Å². The zero-order valence-corrected chi connectivity index (χ0v) is 21.5. The molecule has 0 amide bonds. The van der Waals surface area contributed by atoms with Crippen LogP contribution >= 0.6 is 0 Å². The second kappa shape index (κ2) is 11.3. The Balaban J connectivity index is 2.70. The molecular weight excluding hydrogens is 428 g/mol. The van der Waals surface area contributed by atoms with Gasteiger partial charge in [-0.05, 0) is 55.9 Å². The minimum absolute atomic E-state index is 0.0177. The Kier molecular flexibility index (Phi) is 9.33. The van der Waals surface area contributed by atoms with Crippen LogP contribution in [0.15, 0.2) is 17.7 Å². The molecule has 1 aromatic rings. The number of carbonyl (C=O) groups excluding carboxylic acids is 1. The lowest BCUT2D eigenvalue weighted by Gasteiger charge is -2.32. The van der Waals surface area contributed by atoms with Gasteiger partial charge in [0.15, 0.2) is 13.6 Å². The molecule has 0 saturated carbocycles. The van der Waals surface area contributed by atoms with Gasteiger partial charge in [-0.25, -0.2) is 4.79 Å². The third-order valence-corrected chi connectivity index (χ3v) is 6.19. The molecule has 0 saturated heterocycles. The Bertz CT molecular complexity index is 824. The van der Waals surface area contributed by atoms with E-state index in [1.54, 1.807) is 14.2 Å². The van der Waals surface area contributed by atoms with Crippen LogP contribution in [0, 0.1) is 0 Å². The fourth-order valence-electron chi connectivity index (χ4n) is 3.48. The van der Waals surface area contributed by atoms with Gasteiger partial charge in [0.1, 0.15) is 11.5 Å². The molecule has 0 bridgehead atoms. The summed E-state index contributed by atoms with van der Waals surface area (Å²) in [5.74, 6) is 0.921. The lowest BCUT2D eigenvalue weighted by molar-refractivity contribution is -0.136. The van der Waals surface area contributed by atoms with Gasteiger partial charge >= 0.3 is 5.97 Å². The highest BCUT2D eigenvalue weighted by Gasteiger charge is 2.33. The molecule has 2 radical (unpaired) electrons. The van der Waals surface area contributed by atoms with E-state index in [4.69, 9.17) is 28.1 Å². The van der Waals surface area contributed by atoms with Crippen LogP contribution in [0.25, 0.3) is 5.57 Å². The molecule has 0 N–H and O–H groups in total. The summed E-state index contributed by atoms with van der Waals surface area (Å²) < 4.78 is 33.7. The molecule has 178 valence electrons. The maximum Gasteiger partial charge on any atom is 0.334 e. The lowest BCUT2D eigenvalue weighted by atomic mass is 9.90. The summed E-state index contributed by atoms with van der Waals surface area (Å²) >= 11 is 0. The first-order valence-corrected chi connectivity index (χ1v) is 11.6. The minimum Gasteiger partial charge on any atom is -0.468 e. The standard InChI is InChI=1S/C24H36O7Si/c1-23(2,3)32-31-24(4,5)20-13-16(29-14-26-6)12-19(21(20)30-15-27-7)17-10-9-11-18(17)22(25)28-8/h12-13H,9-11,14-15H2,1-8H3. The molecule has 0 unspecified atom stereocenters. The third kappa shape index (κ3) is 6.81. The second-order valence-electron chi connectivity index (χ2n) is 9.22. The van der Waals surface area contributed by atoms with Crippen LogP contribution in [0.3, 0.4) is 0 Å². The number of hydrogen-bond acceptors (Lipinski definition) is 7. The highest BCUT2D eigenvalue weighted by molar-refractivity contribution is 6.31. The number of ether oxygens (including phenoxy) is 5. The molecule has 0 spiro atoms. The van der Waals surface area contributed by atoms with Crippen molar-refractivity contribution in [3.05, 3.63) is 28.8 Å². The minimum atomic E-state index is -0.680. The smallest absolute Gasteiger partial charge is 0.334 e. The highest BCUT2D eigenvalue weighted by atomic mass is 28.2. The van der Waals surface area contributed by atoms with Gasteiger partial charge in [-0.15, -0.1) is 0 Å². The Morgan fingerprint density at radius 3 is 2.22 bits per heavy atom. The summed E-state index contributed by atoms with van der Waals surface area (Å²) in [4.78, 5) is 12.5. The molecule has 1 aliphatic rings. The van der Waals surface area contributed by atoms with E-state index in [1.165, 1.54) is 7.11 Å². The van der Waals surface area contributed by atoms with E-state index in [-0.39, 0.29) is 34.4 Å². The summed E-state index contributed by atoms with van der Waals surface area (Å²) in [5.41, 5.74) is 2.50. The normalized spacial score (nSPS) is 14.6. The molecule has 0 heterocycles. The van der Waals surface area contributed by atoms with Crippen molar-refractivity contribution in [3.8, 4) is 11.5 Å². The number of hydrogen-bond donors (Lipinski definition) is 0. The van der Waals surface area contributed by atoms with Gasteiger partial charge in [-0.2, -0.15) is 0 Å². The van der Waals surface area contributed by atoms with Crippen molar-refractivity contribution in [2.45, 2.75) is 64.5 Å². The Morgan fingerprint density at radius 1 is 0.969 bits per heavy atom. The van der Waals surface area contributed by atoms with Crippen LogP contribution in [0.2, 0.25) is 5.04 Å². The molecule has 0 atom stereocenters. The van der Waals surface area contributed by atoms with E-state index in [9.17, 15) is 4.79 Å². The van der Waals surface area contributed by atoms with Crippen LogP contribution in [0.1, 0.15) is 65.0 Å². The lowest BCUT2D eigenvalue weighted by Crippen LogP contribution is -2.28. The average molecular weight is 465 g/mol. The molecule has 0 aromatic heterocycles. The third-order valence-electron chi connectivity index (χ3n) is 4.96. The molecule has 2 rings (SSSR count). The van der Waals surface area contributed by atoms with Crippen LogP contribution in [0.5, 0.6) is 11.5 Å². The van der Waals surface area contributed by atoms with Crippen LogP contribution < -0.4 is 9.47 Å². The number of allylic oxidation sites excluding steroid dienone is 1. The zero-order chi connectivity index (χ0) is 23.9. The molecule has 0 aliphatic heterocycles. The summed E-state index contributed by atoms with van der Waals surface area (Å²) in [7, 11) is 4.83. The summed E-state index contributed by atoms with van der Waals surface area (Å²) in [6.07, 6.45) is 2.27. The van der Waals surface area contributed by atoms with Crippen molar-refractivity contribution < 1.29 is 32.9 Å². The summed E-state index contributed by atoms with van der Waals surface area (Å²) in [6.45, 7) is 10.6. The van der Waals surface area contributed by atoms with Gasteiger partial charge in [0, 0.05) is 30.9 Å². The number of benzene rings is 1. The van der Waals surface area contributed by atoms with Crippen molar-refractivity contribution in [2.24, 2.45) is 0 Å². The number of methoxy groups -OCH3 is 3. The van der Waals surface area contributed by atoms with Crippen LogP contribution in [-0.4, -0.2) is 50.6 Å². The van der Waals surface area contributed by atoms with Crippen molar-refractivity contribution in [2.75, 3.05) is 34.9 Å². The maximum absolute atomic E-state index is 12.5. The largest absolute Gasteiger partial charge is 0.468 e. The highest BCUT2D eigenvalue weighted by Crippen LogP contribution is 2.46. The van der Waals surface area contributed by atoms with Gasteiger partial charge in [0.05, 0.1) is 12.7 Å². The van der Waals surface area contributed by atoms with Crippen LogP contribution in [0.4, 0.5) is 0 Å². The van der Waals surface area contributed by atoms with E-state index in [2.05, 4.69) is 20.8 Å². The molecule has 1 aliphatic carbocycles. The van der Waals surface area contributed by atoms with Crippen LogP contribution in [-0.2, 0) is 29.0 Å². The van der Waals surface area contributed by atoms with Crippen molar-refractivity contribution in [1.82, 2.24) is 0 Å². The number of rotatable bonds is 11. The van der Waals surface area contributed by atoms with E-state index < -0.39 is 5.60 Å². The quantitative estimate of drug-likeness (QED) is 0.263. The Hall–Kier alpha value is -1.87. The molecule has 8 heteroatoms. The maximum atomic E-state index is 12.5. The van der Waals surface area contributed by atoms with Gasteiger partial charge in [-0.1, -0.05) is 20.8 Å². The molecular formula is C24H36O7Si. The fraction of sp³-hybridized carbons (Fsp3) is 0.625. The first-order chi connectivity index (χ1) is 15.0. The monoisotopic (exact) mass is 464 g/mol. The molecule has 0 fully saturated rings. The van der Waals surface area contributed by atoms with Gasteiger partial charge < -0.3 is 28.1 Å². The van der Waals surface area contributed by atoms with E-state index in [0.717, 1.165) is 29.5 Å². The topological polar surface area (TPSA) is 72.5 Å². The van der Waals surface area contributed by atoms with Crippen molar-refractivity contribution in [3.63, 3.8) is 0 Å². The molecule has 1 aromatic carbocycles. The van der Waals surface area contributed by atoms with Crippen molar-refractivity contribution >= 4 is 21.3 Å². The first-order valence-electron chi connectivity index (χ1n) is 10.7.